The van der Waals surface area contributed by atoms with Gasteiger partial charge >= 0.3 is 0 Å². The summed E-state index contributed by atoms with van der Waals surface area (Å²) in [5.74, 6) is -4.08. The number of alkyl halides is 2. The van der Waals surface area contributed by atoms with Crippen molar-refractivity contribution in [3.63, 3.8) is 0 Å². The largest absolute Gasteiger partial charge is 0.396 e. The van der Waals surface area contributed by atoms with Crippen LogP contribution in [0.3, 0.4) is 0 Å². The Labute approximate surface area is 284 Å². The Bertz CT molecular complexity index is 1350. The fourth-order valence-electron chi connectivity index (χ4n) is 8.08. The number of aliphatic hydroxyl groups excluding tert-OH is 1. The molecule has 1 aromatic heterocycles. The molecule has 5 fully saturated rings. The van der Waals surface area contributed by atoms with Crippen molar-refractivity contribution in [2.24, 2.45) is 34.5 Å². The van der Waals surface area contributed by atoms with Crippen LogP contribution in [0, 0.1) is 34.5 Å². The van der Waals surface area contributed by atoms with Gasteiger partial charge in [0.2, 0.25) is 23.6 Å². The van der Waals surface area contributed by atoms with E-state index in [0.717, 1.165) is 6.42 Å². The SMILES string of the molecule is C[C@@H](OCC1CCC(F)(F)CC1)[C@H](NC(=O)[C@@H]1CN(C(=O)c2cncs2)CC12CN(C(=O)[C@H]1CC1(C)C)C2)C(=O)N1CCC(CO)CC1. The average molecular weight is 694 g/mol. The number of hydrogen-bond acceptors (Lipinski definition) is 8. The Balaban J connectivity index is 1.18. The predicted octanol–water partition coefficient (Wildman–Crippen LogP) is 3.04. The van der Waals surface area contributed by atoms with Gasteiger partial charge in [0.05, 0.1) is 23.7 Å². The van der Waals surface area contributed by atoms with Crippen LogP contribution in [0.1, 0.15) is 75.4 Å². The summed E-state index contributed by atoms with van der Waals surface area (Å²) in [5.41, 5.74) is 0.905. The van der Waals surface area contributed by atoms with E-state index in [1.54, 1.807) is 27.1 Å². The zero-order valence-electron chi connectivity index (χ0n) is 28.2. The number of halogens is 2. The number of amides is 4. The van der Waals surface area contributed by atoms with E-state index >= 15 is 0 Å². The molecule has 2 aliphatic carbocycles. The van der Waals surface area contributed by atoms with Gasteiger partial charge in [0.15, 0.2) is 0 Å². The lowest BCUT2D eigenvalue weighted by molar-refractivity contribution is -0.153. The molecule has 14 heteroatoms. The Morgan fingerprint density at radius 2 is 1.67 bits per heavy atom. The number of carbonyl (C=O) groups excluding carboxylic acids is 4. The Morgan fingerprint density at radius 3 is 2.25 bits per heavy atom. The van der Waals surface area contributed by atoms with Gasteiger partial charge in [0.25, 0.3) is 5.91 Å². The van der Waals surface area contributed by atoms with Crippen molar-refractivity contribution in [2.45, 2.75) is 83.8 Å². The third-order valence-electron chi connectivity index (χ3n) is 11.7. The molecular weight excluding hydrogens is 644 g/mol. The van der Waals surface area contributed by atoms with Gasteiger partial charge in [-0.15, -0.1) is 11.3 Å². The molecule has 6 rings (SSSR count). The molecule has 2 N–H and O–H groups in total. The number of aliphatic hydroxyl groups is 1. The molecule has 5 aliphatic rings. The molecule has 48 heavy (non-hydrogen) atoms. The third kappa shape index (κ3) is 7.26. The van der Waals surface area contributed by atoms with Crippen LogP contribution in [0.5, 0.6) is 0 Å². The van der Waals surface area contributed by atoms with Crippen LogP contribution in [0.25, 0.3) is 0 Å². The molecule has 1 spiro atoms. The van der Waals surface area contributed by atoms with Gasteiger partial charge in [-0.3, -0.25) is 24.2 Å². The molecule has 4 amide bonds. The summed E-state index contributed by atoms with van der Waals surface area (Å²) in [6.45, 7) is 8.20. The molecule has 3 aliphatic heterocycles. The zero-order chi connectivity index (χ0) is 34.4. The summed E-state index contributed by atoms with van der Waals surface area (Å²) in [6.07, 6.45) is 3.20. The van der Waals surface area contributed by atoms with E-state index in [0.29, 0.717) is 63.3 Å². The van der Waals surface area contributed by atoms with Gasteiger partial charge in [0.1, 0.15) is 10.9 Å². The highest BCUT2D eigenvalue weighted by Crippen LogP contribution is 2.54. The topological polar surface area (TPSA) is 132 Å². The predicted molar refractivity (Wildman–Crippen MR) is 173 cm³/mol. The third-order valence-corrected chi connectivity index (χ3v) is 12.4. The van der Waals surface area contributed by atoms with Crippen molar-refractivity contribution >= 4 is 35.0 Å². The van der Waals surface area contributed by atoms with Crippen LogP contribution in [-0.4, -0.2) is 119 Å². The molecule has 0 bridgehead atoms. The van der Waals surface area contributed by atoms with Gasteiger partial charge in [-0.05, 0) is 56.3 Å². The fourth-order valence-corrected chi connectivity index (χ4v) is 8.67. The lowest BCUT2D eigenvalue weighted by atomic mass is 9.70. The second kappa shape index (κ2) is 13.5. The summed E-state index contributed by atoms with van der Waals surface area (Å²) >= 11 is 1.23. The first-order valence-corrected chi connectivity index (χ1v) is 18.3. The van der Waals surface area contributed by atoms with Crippen LogP contribution >= 0.6 is 11.3 Å². The van der Waals surface area contributed by atoms with Crippen LogP contribution in [0.2, 0.25) is 0 Å². The number of nitrogens with zero attached hydrogens (tertiary/aromatic N) is 4. The van der Waals surface area contributed by atoms with Crippen molar-refractivity contribution in [3.05, 3.63) is 16.6 Å². The number of aromatic nitrogens is 1. The van der Waals surface area contributed by atoms with Crippen LogP contribution in [0.4, 0.5) is 8.78 Å². The molecule has 0 radical (unpaired) electrons. The van der Waals surface area contributed by atoms with Crippen LogP contribution in [0.15, 0.2) is 11.7 Å². The van der Waals surface area contributed by atoms with Gasteiger partial charge in [-0.25, -0.2) is 8.78 Å². The van der Waals surface area contributed by atoms with Crippen molar-refractivity contribution < 1.29 is 37.8 Å². The number of carbonyl (C=O) groups is 4. The standard InChI is InChI=1S/C34H49F2N5O6S/c1-21(47-16-23-4-8-34(35,36)9-5-23)27(31(46)39-10-6-22(15-42)7-11-39)38-28(43)25-14-40(30(45)26-13-37-20-48-26)17-33(25)18-41(19-33)29(44)24-12-32(24,2)3/h13,20-25,27,42H,4-12,14-19H2,1-3H3,(H,38,43)/t21-,24-,25+,27+/m1/s1. The first-order chi connectivity index (χ1) is 22.7. The number of nitrogens with one attached hydrogen (secondary N) is 1. The smallest absolute Gasteiger partial charge is 0.265 e. The molecule has 3 saturated heterocycles. The normalized spacial score (nSPS) is 27.8. The molecule has 0 aromatic carbocycles. The maximum Gasteiger partial charge on any atom is 0.265 e. The summed E-state index contributed by atoms with van der Waals surface area (Å²) in [7, 11) is 0. The number of thiazole rings is 1. The lowest BCUT2D eigenvalue weighted by Gasteiger charge is -2.50. The second-order valence-corrected chi connectivity index (χ2v) is 16.6. The van der Waals surface area contributed by atoms with Crippen molar-refractivity contribution in [1.29, 1.82) is 0 Å². The molecule has 4 atom stereocenters. The number of rotatable bonds is 10. The molecular formula is C34H49F2N5O6S. The molecule has 2 saturated carbocycles. The van der Waals surface area contributed by atoms with Gasteiger partial charge < -0.3 is 29.9 Å². The minimum atomic E-state index is -2.65. The highest BCUT2D eigenvalue weighted by Gasteiger charge is 2.62. The van der Waals surface area contributed by atoms with Gasteiger partial charge in [-0.1, -0.05) is 13.8 Å². The van der Waals surface area contributed by atoms with Crippen molar-refractivity contribution in [1.82, 2.24) is 25.0 Å². The van der Waals surface area contributed by atoms with E-state index in [1.807, 2.05) is 0 Å². The minimum absolute atomic E-state index is 0.0334. The number of ether oxygens (including phenoxy) is 1. The zero-order valence-corrected chi connectivity index (χ0v) is 29.0. The molecule has 1 aromatic rings. The van der Waals surface area contributed by atoms with E-state index in [4.69, 9.17) is 4.74 Å². The van der Waals surface area contributed by atoms with Gasteiger partial charge in [-0.2, -0.15) is 0 Å². The summed E-state index contributed by atoms with van der Waals surface area (Å²) in [4.78, 5) is 64.7. The van der Waals surface area contributed by atoms with Gasteiger partial charge in [0, 0.05) is 76.7 Å². The molecule has 0 unspecified atom stereocenters. The van der Waals surface area contributed by atoms with Crippen molar-refractivity contribution in [2.75, 3.05) is 52.5 Å². The lowest BCUT2D eigenvalue weighted by Crippen LogP contribution is -2.65. The summed E-state index contributed by atoms with van der Waals surface area (Å²) in [5, 5.41) is 12.6. The monoisotopic (exact) mass is 693 g/mol. The van der Waals surface area contributed by atoms with Crippen LogP contribution < -0.4 is 5.32 Å². The Hall–Kier alpha value is -2.71. The minimum Gasteiger partial charge on any atom is -0.396 e. The average Bonchev–Trinajstić information content (AvgIpc) is 3.41. The summed E-state index contributed by atoms with van der Waals surface area (Å²) in [6, 6.07) is -1.03. The number of hydrogen-bond donors (Lipinski definition) is 2. The van der Waals surface area contributed by atoms with Crippen LogP contribution in [-0.2, 0) is 19.1 Å². The quantitative estimate of drug-likeness (QED) is 0.385. The Morgan fingerprint density at radius 1 is 1.02 bits per heavy atom. The van der Waals surface area contributed by atoms with E-state index < -0.39 is 29.4 Å². The molecule has 266 valence electrons. The number of piperidine rings is 1. The first kappa shape index (κ1) is 35.1. The van der Waals surface area contributed by atoms with E-state index in [9.17, 15) is 33.1 Å². The summed E-state index contributed by atoms with van der Waals surface area (Å²) < 4.78 is 33.7. The first-order valence-electron chi connectivity index (χ1n) is 17.4. The van der Waals surface area contributed by atoms with E-state index in [2.05, 4.69) is 24.1 Å². The molecule has 11 nitrogen and oxygen atoms in total. The number of likely N-dealkylation sites (tertiary alicyclic amines) is 3. The van der Waals surface area contributed by atoms with Crippen molar-refractivity contribution in [3.8, 4) is 0 Å². The highest BCUT2D eigenvalue weighted by molar-refractivity contribution is 7.11. The Kier molecular flexibility index (Phi) is 9.91. The fraction of sp³-hybridized carbons (Fsp3) is 0.794. The maximum atomic E-state index is 14.3. The maximum absolute atomic E-state index is 14.3. The highest BCUT2D eigenvalue weighted by atomic mass is 32.1. The van der Waals surface area contributed by atoms with E-state index in [1.165, 1.54) is 17.5 Å². The second-order valence-electron chi connectivity index (χ2n) is 15.7. The van der Waals surface area contributed by atoms with E-state index in [-0.39, 0.29) is 79.4 Å². The molecule has 4 heterocycles.